The Kier molecular flexibility index (Phi) is 5.17. The molecule has 19 heavy (non-hydrogen) atoms. The summed E-state index contributed by atoms with van der Waals surface area (Å²) in [4.78, 5) is 24.4. The minimum Gasteiger partial charge on any atom is -0.481 e. The SMILES string of the molecule is CCN(CC(C)(C)O)C(=O)NC(CC(=O)O)C1CC1. The molecule has 0 bridgehead atoms. The maximum atomic E-state index is 12.1. The van der Waals surface area contributed by atoms with Gasteiger partial charge in [-0.3, -0.25) is 4.79 Å². The van der Waals surface area contributed by atoms with Crippen LogP contribution in [-0.2, 0) is 4.79 Å². The Labute approximate surface area is 113 Å². The summed E-state index contributed by atoms with van der Waals surface area (Å²) in [6, 6.07) is -0.608. The molecule has 0 aliphatic heterocycles. The van der Waals surface area contributed by atoms with Crippen LogP contribution in [0.2, 0.25) is 0 Å². The highest BCUT2D eigenvalue weighted by Crippen LogP contribution is 2.34. The van der Waals surface area contributed by atoms with Crippen molar-refractivity contribution >= 4 is 12.0 Å². The van der Waals surface area contributed by atoms with Crippen molar-refractivity contribution in [3.63, 3.8) is 0 Å². The van der Waals surface area contributed by atoms with E-state index in [1.54, 1.807) is 13.8 Å². The van der Waals surface area contributed by atoms with Crippen molar-refractivity contribution in [2.75, 3.05) is 13.1 Å². The van der Waals surface area contributed by atoms with Crippen LogP contribution in [0, 0.1) is 5.92 Å². The Morgan fingerprint density at radius 2 is 2.00 bits per heavy atom. The number of nitrogens with zero attached hydrogens (tertiary/aromatic N) is 1. The van der Waals surface area contributed by atoms with E-state index >= 15 is 0 Å². The first-order chi connectivity index (χ1) is 8.73. The molecule has 1 fully saturated rings. The fraction of sp³-hybridized carbons (Fsp3) is 0.846. The van der Waals surface area contributed by atoms with E-state index in [1.165, 1.54) is 4.90 Å². The Morgan fingerprint density at radius 3 is 2.37 bits per heavy atom. The second-order valence-electron chi connectivity index (χ2n) is 5.82. The third-order valence-electron chi connectivity index (χ3n) is 3.14. The molecule has 6 heteroatoms. The second kappa shape index (κ2) is 6.23. The van der Waals surface area contributed by atoms with Gasteiger partial charge in [-0.25, -0.2) is 4.79 Å². The summed E-state index contributed by atoms with van der Waals surface area (Å²) in [6.07, 6.45) is 1.89. The molecule has 0 aromatic heterocycles. The molecular formula is C13H24N2O4. The molecule has 1 saturated carbocycles. The van der Waals surface area contributed by atoms with E-state index in [4.69, 9.17) is 5.11 Å². The Morgan fingerprint density at radius 1 is 1.42 bits per heavy atom. The molecule has 0 heterocycles. The quantitative estimate of drug-likeness (QED) is 0.646. The fourth-order valence-electron chi connectivity index (χ4n) is 2.07. The van der Waals surface area contributed by atoms with Gasteiger partial charge in [0.2, 0.25) is 0 Å². The second-order valence-corrected chi connectivity index (χ2v) is 5.82. The summed E-state index contributed by atoms with van der Waals surface area (Å²) in [5, 5.41) is 21.4. The summed E-state index contributed by atoms with van der Waals surface area (Å²) in [6.45, 7) is 5.80. The van der Waals surface area contributed by atoms with E-state index in [0.29, 0.717) is 6.54 Å². The summed E-state index contributed by atoms with van der Waals surface area (Å²) in [5.74, 6) is -0.622. The molecular weight excluding hydrogens is 248 g/mol. The number of nitrogens with one attached hydrogen (secondary N) is 1. The lowest BCUT2D eigenvalue weighted by Crippen LogP contribution is -2.50. The number of aliphatic carboxylic acids is 1. The Bertz CT molecular complexity index is 334. The third-order valence-corrected chi connectivity index (χ3v) is 3.14. The highest BCUT2D eigenvalue weighted by molar-refractivity contribution is 5.76. The standard InChI is InChI=1S/C13H24N2O4/c1-4-15(8-13(2,3)19)12(18)14-10(7-11(16)17)9-5-6-9/h9-10,19H,4-8H2,1-3H3,(H,14,18)(H,16,17). The van der Waals surface area contributed by atoms with Crippen LogP contribution < -0.4 is 5.32 Å². The van der Waals surface area contributed by atoms with E-state index in [2.05, 4.69) is 5.32 Å². The molecule has 0 aromatic carbocycles. The highest BCUT2D eigenvalue weighted by atomic mass is 16.4. The molecule has 1 aliphatic rings. The number of carboxylic acids is 1. The van der Waals surface area contributed by atoms with Crippen LogP contribution in [0.5, 0.6) is 0 Å². The number of carbonyl (C=O) groups is 2. The van der Waals surface area contributed by atoms with Crippen LogP contribution in [0.25, 0.3) is 0 Å². The lowest BCUT2D eigenvalue weighted by Gasteiger charge is -2.30. The summed E-state index contributed by atoms with van der Waals surface area (Å²) >= 11 is 0. The summed E-state index contributed by atoms with van der Waals surface area (Å²) < 4.78 is 0. The average molecular weight is 272 g/mol. The fourth-order valence-corrected chi connectivity index (χ4v) is 2.07. The number of hydrogen-bond donors (Lipinski definition) is 3. The molecule has 0 radical (unpaired) electrons. The van der Waals surface area contributed by atoms with Gasteiger partial charge < -0.3 is 20.4 Å². The summed E-state index contributed by atoms with van der Waals surface area (Å²) in [7, 11) is 0. The van der Waals surface area contributed by atoms with E-state index < -0.39 is 11.6 Å². The van der Waals surface area contributed by atoms with Crippen molar-refractivity contribution in [3.05, 3.63) is 0 Å². The molecule has 0 aromatic rings. The monoisotopic (exact) mass is 272 g/mol. The molecule has 2 amide bonds. The maximum Gasteiger partial charge on any atom is 0.317 e. The number of rotatable bonds is 7. The molecule has 1 unspecified atom stereocenters. The maximum absolute atomic E-state index is 12.1. The van der Waals surface area contributed by atoms with E-state index in [1.807, 2.05) is 6.92 Å². The largest absolute Gasteiger partial charge is 0.481 e. The van der Waals surface area contributed by atoms with Gasteiger partial charge in [0.25, 0.3) is 0 Å². The molecule has 0 saturated heterocycles. The number of aliphatic hydroxyl groups is 1. The lowest BCUT2D eigenvalue weighted by atomic mass is 10.1. The molecule has 1 aliphatic carbocycles. The van der Waals surface area contributed by atoms with Crippen LogP contribution >= 0.6 is 0 Å². The van der Waals surface area contributed by atoms with Crippen molar-refractivity contribution < 1.29 is 19.8 Å². The number of carbonyl (C=O) groups excluding carboxylic acids is 1. The van der Waals surface area contributed by atoms with Crippen molar-refractivity contribution in [2.24, 2.45) is 5.92 Å². The Balaban J connectivity index is 2.56. The van der Waals surface area contributed by atoms with Gasteiger partial charge in [-0.1, -0.05) is 0 Å². The van der Waals surface area contributed by atoms with Gasteiger partial charge in [0.1, 0.15) is 0 Å². The predicted molar refractivity (Wildman–Crippen MR) is 70.8 cm³/mol. The van der Waals surface area contributed by atoms with Crippen LogP contribution in [-0.4, -0.2) is 51.8 Å². The zero-order valence-corrected chi connectivity index (χ0v) is 11.8. The van der Waals surface area contributed by atoms with E-state index in [-0.39, 0.29) is 31.0 Å². The van der Waals surface area contributed by atoms with Gasteiger partial charge >= 0.3 is 12.0 Å². The first-order valence-corrected chi connectivity index (χ1v) is 6.72. The van der Waals surface area contributed by atoms with Gasteiger partial charge in [0.15, 0.2) is 0 Å². The van der Waals surface area contributed by atoms with Gasteiger partial charge in [-0.15, -0.1) is 0 Å². The number of carboxylic acid groups (broad SMARTS) is 1. The zero-order valence-electron chi connectivity index (χ0n) is 11.8. The minimum absolute atomic E-state index is 0.0452. The van der Waals surface area contributed by atoms with Crippen LogP contribution in [0.1, 0.15) is 40.0 Å². The van der Waals surface area contributed by atoms with Crippen molar-refractivity contribution in [1.82, 2.24) is 10.2 Å². The molecule has 0 spiro atoms. The molecule has 1 rings (SSSR count). The minimum atomic E-state index is -0.963. The van der Waals surface area contributed by atoms with Crippen LogP contribution in [0.15, 0.2) is 0 Å². The number of likely N-dealkylation sites (N-methyl/N-ethyl adjacent to an activating group) is 1. The number of urea groups is 1. The highest BCUT2D eigenvalue weighted by Gasteiger charge is 2.34. The predicted octanol–water partition coefficient (Wildman–Crippen LogP) is 1.04. The normalized spacial score (nSPS) is 16.8. The van der Waals surface area contributed by atoms with Crippen molar-refractivity contribution in [2.45, 2.75) is 51.7 Å². The van der Waals surface area contributed by atoms with Gasteiger partial charge in [0.05, 0.1) is 18.6 Å². The van der Waals surface area contributed by atoms with Gasteiger partial charge in [-0.05, 0) is 39.5 Å². The zero-order chi connectivity index (χ0) is 14.6. The first-order valence-electron chi connectivity index (χ1n) is 6.72. The molecule has 1 atom stereocenters. The Hall–Kier alpha value is -1.30. The number of amides is 2. The molecule has 110 valence electrons. The van der Waals surface area contributed by atoms with E-state index in [0.717, 1.165) is 12.8 Å². The van der Waals surface area contributed by atoms with Crippen molar-refractivity contribution in [1.29, 1.82) is 0 Å². The summed E-state index contributed by atoms with van der Waals surface area (Å²) in [5.41, 5.74) is -0.963. The van der Waals surface area contributed by atoms with Crippen molar-refractivity contribution in [3.8, 4) is 0 Å². The third kappa shape index (κ3) is 5.92. The van der Waals surface area contributed by atoms with Gasteiger partial charge in [0, 0.05) is 12.6 Å². The topological polar surface area (TPSA) is 89.9 Å². The van der Waals surface area contributed by atoms with Gasteiger partial charge in [-0.2, -0.15) is 0 Å². The first kappa shape index (κ1) is 15.8. The number of hydrogen-bond acceptors (Lipinski definition) is 3. The van der Waals surface area contributed by atoms with Crippen LogP contribution in [0.3, 0.4) is 0 Å². The van der Waals surface area contributed by atoms with Crippen LogP contribution in [0.4, 0.5) is 4.79 Å². The molecule has 3 N–H and O–H groups in total. The van der Waals surface area contributed by atoms with E-state index in [9.17, 15) is 14.7 Å². The molecule has 6 nitrogen and oxygen atoms in total. The smallest absolute Gasteiger partial charge is 0.317 e. The lowest BCUT2D eigenvalue weighted by molar-refractivity contribution is -0.137. The average Bonchev–Trinajstić information content (AvgIpc) is 3.06.